The van der Waals surface area contributed by atoms with Crippen molar-refractivity contribution in [1.29, 1.82) is 0 Å². The Bertz CT molecular complexity index is 949. The van der Waals surface area contributed by atoms with E-state index in [0.717, 1.165) is 28.3 Å². The fourth-order valence-electron chi connectivity index (χ4n) is 3.10. The second-order valence-electron chi connectivity index (χ2n) is 7.07. The Morgan fingerprint density at radius 3 is 1.59 bits per heavy atom. The van der Waals surface area contributed by atoms with E-state index in [4.69, 9.17) is 4.74 Å². The molecule has 0 N–H and O–H groups in total. The Hall–Kier alpha value is -3.26. The first-order chi connectivity index (χ1) is 13.1. The second-order valence-corrected chi connectivity index (χ2v) is 7.07. The molecule has 3 aromatic carbocycles. The lowest BCUT2D eigenvalue weighted by molar-refractivity contribution is 0.462. The molecule has 2 nitrogen and oxygen atoms in total. The van der Waals surface area contributed by atoms with E-state index in [2.05, 4.69) is 111 Å². The summed E-state index contributed by atoms with van der Waals surface area (Å²) in [5.74, 6) is 1.68. The molecule has 2 heteroatoms. The zero-order chi connectivity index (χ0) is 18.8. The molecule has 0 unspecified atom stereocenters. The highest BCUT2D eigenvalue weighted by Gasteiger charge is 2.18. The van der Waals surface area contributed by atoms with Crippen molar-refractivity contribution in [1.82, 2.24) is 0 Å². The maximum absolute atomic E-state index is 6.30. The highest BCUT2D eigenvalue weighted by molar-refractivity contribution is 5.78. The summed E-state index contributed by atoms with van der Waals surface area (Å²) in [7, 11) is 0. The van der Waals surface area contributed by atoms with Gasteiger partial charge < -0.3 is 9.64 Å². The zero-order valence-electron chi connectivity index (χ0n) is 15.9. The van der Waals surface area contributed by atoms with Gasteiger partial charge in [-0.3, -0.25) is 0 Å². The minimum atomic E-state index is 0.842. The summed E-state index contributed by atoms with van der Waals surface area (Å²) in [5, 5.41) is 0. The number of nitrogens with zero attached hydrogens (tertiary/aromatic N) is 1. The molecule has 0 saturated carbocycles. The van der Waals surface area contributed by atoms with E-state index in [9.17, 15) is 0 Å². The van der Waals surface area contributed by atoms with Crippen LogP contribution in [0.3, 0.4) is 0 Å². The van der Waals surface area contributed by atoms with Crippen LogP contribution in [0.15, 0.2) is 85.2 Å². The van der Waals surface area contributed by atoms with Crippen molar-refractivity contribution in [2.24, 2.45) is 0 Å². The summed E-state index contributed by atoms with van der Waals surface area (Å²) in [6.45, 7) is 6.30. The fraction of sp³-hybridized carbons (Fsp3) is 0.120. The number of benzene rings is 3. The molecule has 0 fully saturated rings. The minimum absolute atomic E-state index is 0.842. The molecule has 0 spiro atoms. The number of hydrogen-bond acceptors (Lipinski definition) is 2. The first-order valence-electron chi connectivity index (χ1n) is 9.19. The lowest BCUT2D eigenvalue weighted by Gasteiger charge is -2.26. The topological polar surface area (TPSA) is 12.5 Å². The van der Waals surface area contributed by atoms with Crippen molar-refractivity contribution in [2.75, 3.05) is 4.90 Å². The third-order valence-corrected chi connectivity index (χ3v) is 4.70. The summed E-state index contributed by atoms with van der Waals surface area (Å²) < 4.78 is 6.30. The smallest absolute Gasteiger partial charge is 0.151 e. The van der Waals surface area contributed by atoms with Gasteiger partial charge in [0, 0.05) is 16.8 Å². The first kappa shape index (κ1) is 17.2. The van der Waals surface area contributed by atoms with Gasteiger partial charge in [-0.15, -0.1) is 0 Å². The summed E-state index contributed by atoms with van der Waals surface area (Å²) >= 11 is 0. The second kappa shape index (κ2) is 7.16. The van der Waals surface area contributed by atoms with E-state index >= 15 is 0 Å². The van der Waals surface area contributed by atoms with Crippen molar-refractivity contribution in [2.45, 2.75) is 20.8 Å². The Morgan fingerprint density at radius 2 is 1.11 bits per heavy atom. The lowest BCUT2D eigenvalue weighted by Crippen LogP contribution is -2.15. The highest BCUT2D eigenvalue weighted by atomic mass is 16.5. The lowest BCUT2D eigenvalue weighted by atomic mass is 10.1. The molecule has 0 atom stereocenters. The van der Waals surface area contributed by atoms with E-state index in [0.29, 0.717) is 0 Å². The molecule has 1 aliphatic heterocycles. The SMILES string of the molecule is Cc1ccc(C2=CN(c3cccc(C)c3)C=C(c3ccc(C)cc3)O2)cc1. The van der Waals surface area contributed by atoms with Gasteiger partial charge in [-0.1, -0.05) is 71.8 Å². The van der Waals surface area contributed by atoms with Crippen LogP contribution in [-0.2, 0) is 4.74 Å². The van der Waals surface area contributed by atoms with Gasteiger partial charge in [0.15, 0.2) is 11.5 Å². The van der Waals surface area contributed by atoms with Crippen molar-refractivity contribution < 1.29 is 4.74 Å². The quantitative estimate of drug-likeness (QED) is 0.537. The van der Waals surface area contributed by atoms with Crippen LogP contribution in [0.25, 0.3) is 11.5 Å². The van der Waals surface area contributed by atoms with Crippen molar-refractivity contribution >= 4 is 17.2 Å². The zero-order valence-corrected chi connectivity index (χ0v) is 15.9. The molecular formula is C25H23NO. The van der Waals surface area contributed by atoms with Gasteiger partial charge in [0.1, 0.15) is 0 Å². The Kier molecular flexibility index (Phi) is 4.55. The number of rotatable bonds is 3. The van der Waals surface area contributed by atoms with E-state index in [1.807, 2.05) is 0 Å². The van der Waals surface area contributed by atoms with Gasteiger partial charge in [-0.25, -0.2) is 0 Å². The summed E-state index contributed by atoms with van der Waals surface area (Å²) in [6.07, 6.45) is 4.11. The molecule has 134 valence electrons. The standard InChI is InChI=1S/C25H23NO/c1-18-7-11-21(12-8-18)24-16-26(23-6-4-5-20(3)15-23)17-25(27-24)22-13-9-19(2)10-14-22/h4-17H,1-3H3. The average Bonchev–Trinajstić information content (AvgIpc) is 2.69. The van der Waals surface area contributed by atoms with E-state index in [1.165, 1.54) is 16.7 Å². The fourth-order valence-corrected chi connectivity index (χ4v) is 3.10. The van der Waals surface area contributed by atoms with E-state index in [-0.39, 0.29) is 0 Å². The number of aryl methyl sites for hydroxylation is 3. The Morgan fingerprint density at radius 1 is 0.593 bits per heavy atom. The van der Waals surface area contributed by atoms with Crippen LogP contribution < -0.4 is 4.90 Å². The molecule has 4 rings (SSSR count). The average molecular weight is 353 g/mol. The largest absolute Gasteiger partial charge is 0.453 e. The maximum Gasteiger partial charge on any atom is 0.151 e. The van der Waals surface area contributed by atoms with Crippen molar-refractivity contribution in [3.8, 4) is 0 Å². The van der Waals surface area contributed by atoms with Crippen LogP contribution in [0.5, 0.6) is 0 Å². The molecule has 0 aliphatic carbocycles. The van der Waals surface area contributed by atoms with Crippen LogP contribution >= 0.6 is 0 Å². The molecule has 1 aliphatic rings. The van der Waals surface area contributed by atoms with E-state index in [1.54, 1.807) is 0 Å². The molecule has 0 aromatic heterocycles. The van der Waals surface area contributed by atoms with Gasteiger partial charge in [0.2, 0.25) is 0 Å². The monoisotopic (exact) mass is 353 g/mol. The van der Waals surface area contributed by atoms with Gasteiger partial charge in [-0.2, -0.15) is 0 Å². The third kappa shape index (κ3) is 3.80. The predicted molar refractivity (Wildman–Crippen MR) is 113 cm³/mol. The summed E-state index contributed by atoms with van der Waals surface area (Å²) in [6, 6.07) is 25.4. The molecule has 1 heterocycles. The number of hydrogen-bond donors (Lipinski definition) is 0. The van der Waals surface area contributed by atoms with Crippen LogP contribution in [0.2, 0.25) is 0 Å². The number of anilines is 1. The molecule has 0 radical (unpaired) electrons. The first-order valence-corrected chi connectivity index (χ1v) is 9.19. The summed E-state index contributed by atoms with van der Waals surface area (Å²) in [4.78, 5) is 2.14. The minimum Gasteiger partial charge on any atom is -0.453 e. The van der Waals surface area contributed by atoms with E-state index < -0.39 is 0 Å². The Labute approximate surface area is 161 Å². The normalized spacial score (nSPS) is 13.7. The maximum atomic E-state index is 6.30. The molecule has 0 saturated heterocycles. The van der Waals surface area contributed by atoms with Gasteiger partial charge >= 0.3 is 0 Å². The van der Waals surface area contributed by atoms with Gasteiger partial charge in [-0.05, 0) is 38.5 Å². The molecule has 3 aromatic rings. The molecule has 0 bridgehead atoms. The third-order valence-electron chi connectivity index (χ3n) is 4.70. The van der Waals surface area contributed by atoms with Crippen LogP contribution in [-0.4, -0.2) is 0 Å². The van der Waals surface area contributed by atoms with Crippen molar-refractivity contribution in [3.63, 3.8) is 0 Å². The van der Waals surface area contributed by atoms with Gasteiger partial charge in [0.05, 0.1) is 12.4 Å². The van der Waals surface area contributed by atoms with Crippen LogP contribution in [0.4, 0.5) is 5.69 Å². The molecule has 0 amide bonds. The Balaban J connectivity index is 1.78. The van der Waals surface area contributed by atoms with Gasteiger partial charge in [0.25, 0.3) is 0 Å². The number of ether oxygens (including phenoxy) is 1. The molecule has 27 heavy (non-hydrogen) atoms. The van der Waals surface area contributed by atoms with Crippen LogP contribution in [0.1, 0.15) is 27.8 Å². The molecular weight excluding hydrogens is 330 g/mol. The highest BCUT2D eigenvalue weighted by Crippen LogP contribution is 2.33. The summed E-state index contributed by atoms with van der Waals surface area (Å²) in [5.41, 5.74) is 6.95. The predicted octanol–water partition coefficient (Wildman–Crippen LogP) is 6.45. The van der Waals surface area contributed by atoms with Crippen LogP contribution in [0, 0.1) is 20.8 Å². The van der Waals surface area contributed by atoms with Crippen molar-refractivity contribution in [3.05, 3.63) is 113 Å².